The fraction of sp³-hybridized carbons (Fsp3) is 0.364. The Hall–Kier alpha value is -1.99. The van der Waals surface area contributed by atoms with Gasteiger partial charge in [-0.05, 0) is 6.07 Å². The van der Waals surface area contributed by atoms with Crippen LogP contribution in [0.2, 0.25) is 0 Å². The van der Waals surface area contributed by atoms with Gasteiger partial charge < -0.3 is 15.2 Å². The number of carboxylic acids is 1. The van der Waals surface area contributed by atoms with Crippen molar-refractivity contribution in [1.82, 2.24) is 0 Å². The van der Waals surface area contributed by atoms with Gasteiger partial charge in [-0.15, -0.1) is 0 Å². The van der Waals surface area contributed by atoms with E-state index in [9.17, 15) is 22.4 Å². The Labute approximate surface area is 106 Å². The highest BCUT2D eigenvalue weighted by Gasteiger charge is 2.44. The largest absolute Gasteiger partial charge is 0.497 e. The van der Waals surface area contributed by atoms with Gasteiger partial charge in [0.25, 0.3) is 0 Å². The van der Waals surface area contributed by atoms with Crippen LogP contribution in [0, 0.1) is 11.7 Å². The number of halogens is 4. The van der Waals surface area contributed by atoms with Gasteiger partial charge in [0.05, 0.1) is 7.11 Å². The molecule has 0 bridgehead atoms. The first-order valence-corrected chi connectivity index (χ1v) is 5.12. The van der Waals surface area contributed by atoms with Crippen molar-refractivity contribution in [3.05, 3.63) is 24.0 Å². The molecule has 0 aliphatic heterocycles. The number of benzene rings is 1. The van der Waals surface area contributed by atoms with Crippen molar-refractivity contribution in [2.24, 2.45) is 5.92 Å². The summed E-state index contributed by atoms with van der Waals surface area (Å²) in [5.74, 6) is -5.16. The lowest BCUT2D eigenvalue weighted by molar-refractivity contribution is -0.190. The number of aliphatic carboxylic acids is 1. The van der Waals surface area contributed by atoms with Crippen LogP contribution in [0.15, 0.2) is 18.2 Å². The monoisotopic (exact) mass is 281 g/mol. The summed E-state index contributed by atoms with van der Waals surface area (Å²) in [6.45, 7) is -0.897. The smallest absolute Gasteiger partial charge is 0.403 e. The molecule has 0 amide bonds. The van der Waals surface area contributed by atoms with Crippen molar-refractivity contribution >= 4 is 11.7 Å². The molecular weight excluding hydrogens is 270 g/mol. The fourth-order valence-electron chi connectivity index (χ4n) is 1.35. The van der Waals surface area contributed by atoms with E-state index in [0.717, 1.165) is 12.1 Å². The molecule has 1 aromatic carbocycles. The van der Waals surface area contributed by atoms with Crippen molar-refractivity contribution in [1.29, 1.82) is 0 Å². The third kappa shape index (κ3) is 4.31. The molecule has 0 radical (unpaired) electrons. The minimum absolute atomic E-state index is 0.00681. The molecule has 1 aromatic rings. The quantitative estimate of drug-likeness (QED) is 0.814. The van der Waals surface area contributed by atoms with Gasteiger partial charge in [-0.25, -0.2) is 4.39 Å². The lowest BCUT2D eigenvalue weighted by Crippen LogP contribution is -2.36. The van der Waals surface area contributed by atoms with Gasteiger partial charge in [-0.3, -0.25) is 4.79 Å². The highest BCUT2D eigenvalue weighted by Crippen LogP contribution is 2.27. The summed E-state index contributed by atoms with van der Waals surface area (Å²) < 4.78 is 54.9. The first-order chi connectivity index (χ1) is 8.74. The number of alkyl halides is 3. The maximum Gasteiger partial charge on any atom is 0.403 e. The summed E-state index contributed by atoms with van der Waals surface area (Å²) in [5.41, 5.74) is 0.00681. The van der Waals surface area contributed by atoms with Crippen molar-refractivity contribution < 1.29 is 32.2 Å². The standard InChI is InChI=1S/C11H11F4NO3/c1-19-8-3-6(12)2-7(4-8)16-5-9(10(17)18)11(13,14)15/h2-4,9,16H,5H2,1H3,(H,17,18). The van der Waals surface area contributed by atoms with E-state index in [1.54, 1.807) is 0 Å². The van der Waals surface area contributed by atoms with Gasteiger partial charge in [0, 0.05) is 24.4 Å². The number of nitrogens with one attached hydrogen (secondary N) is 1. The van der Waals surface area contributed by atoms with E-state index in [4.69, 9.17) is 9.84 Å². The van der Waals surface area contributed by atoms with E-state index in [-0.39, 0.29) is 11.4 Å². The lowest BCUT2D eigenvalue weighted by atomic mass is 10.1. The molecule has 0 aromatic heterocycles. The summed E-state index contributed by atoms with van der Waals surface area (Å²) in [6.07, 6.45) is -4.88. The predicted octanol–water partition coefficient (Wildman–Crippen LogP) is 2.51. The van der Waals surface area contributed by atoms with E-state index in [1.807, 2.05) is 0 Å². The summed E-state index contributed by atoms with van der Waals surface area (Å²) in [7, 11) is 1.27. The zero-order valence-corrected chi connectivity index (χ0v) is 9.79. The third-order valence-corrected chi connectivity index (χ3v) is 2.31. The number of methoxy groups -OCH3 is 1. The second-order valence-electron chi connectivity index (χ2n) is 3.69. The van der Waals surface area contributed by atoms with Crippen LogP contribution in [0.25, 0.3) is 0 Å². The first-order valence-electron chi connectivity index (χ1n) is 5.12. The predicted molar refractivity (Wildman–Crippen MR) is 58.6 cm³/mol. The van der Waals surface area contributed by atoms with E-state index in [0.29, 0.717) is 0 Å². The van der Waals surface area contributed by atoms with Gasteiger partial charge in [0.1, 0.15) is 11.6 Å². The van der Waals surface area contributed by atoms with Crippen molar-refractivity contribution in [3.8, 4) is 5.75 Å². The molecule has 8 heteroatoms. The summed E-state index contributed by atoms with van der Waals surface area (Å²) in [5, 5.41) is 10.7. The highest BCUT2D eigenvalue weighted by atomic mass is 19.4. The van der Waals surface area contributed by atoms with E-state index in [1.165, 1.54) is 13.2 Å². The number of hydrogen-bond acceptors (Lipinski definition) is 3. The zero-order valence-electron chi connectivity index (χ0n) is 9.79. The molecule has 0 saturated heterocycles. The van der Waals surface area contributed by atoms with Crippen LogP contribution < -0.4 is 10.1 Å². The molecule has 0 fully saturated rings. The second-order valence-corrected chi connectivity index (χ2v) is 3.69. The average molecular weight is 281 g/mol. The lowest BCUT2D eigenvalue weighted by Gasteiger charge is -2.17. The topological polar surface area (TPSA) is 58.6 Å². The number of carboxylic acid groups (broad SMARTS) is 1. The van der Waals surface area contributed by atoms with Crippen LogP contribution in [-0.2, 0) is 4.79 Å². The van der Waals surface area contributed by atoms with Gasteiger partial charge >= 0.3 is 12.1 Å². The number of ether oxygens (including phenoxy) is 1. The van der Waals surface area contributed by atoms with Crippen LogP contribution in [-0.4, -0.2) is 30.9 Å². The number of rotatable bonds is 5. The molecule has 4 nitrogen and oxygen atoms in total. The molecule has 0 aliphatic rings. The average Bonchev–Trinajstić information content (AvgIpc) is 2.26. The Morgan fingerprint density at radius 1 is 1.42 bits per heavy atom. The molecular formula is C11H11F4NO3. The highest BCUT2D eigenvalue weighted by molar-refractivity contribution is 5.71. The van der Waals surface area contributed by atoms with Gasteiger partial charge in [-0.2, -0.15) is 13.2 Å². The summed E-state index contributed by atoms with van der Waals surface area (Å²) in [4.78, 5) is 10.5. The Kier molecular flexibility index (Phi) is 4.57. The van der Waals surface area contributed by atoms with Crippen LogP contribution in [0.1, 0.15) is 0 Å². The minimum Gasteiger partial charge on any atom is -0.497 e. The van der Waals surface area contributed by atoms with Crippen LogP contribution in [0.3, 0.4) is 0 Å². The molecule has 0 saturated carbocycles. The van der Waals surface area contributed by atoms with Gasteiger partial charge in [0.15, 0.2) is 5.92 Å². The summed E-state index contributed by atoms with van der Waals surface area (Å²) in [6, 6.07) is 3.25. The van der Waals surface area contributed by atoms with Crippen molar-refractivity contribution in [2.75, 3.05) is 19.0 Å². The molecule has 0 heterocycles. The number of hydrogen-bond donors (Lipinski definition) is 2. The van der Waals surface area contributed by atoms with Crippen LogP contribution in [0.4, 0.5) is 23.2 Å². The van der Waals surface area contributed by atoms with Gasteiger partial charge in [-0.1, -0.05) is 0 Å². The summed E-state index contributed by atoms with van der Waals surface area (Å²) >= 11 is 0. The Balaban J connectivity index is 2.80. The minimum atomic E-state index is -4.88. The Morgan fingerprint density at radius 2 is 2.05 bits per heavy atom. The second kappa shape index (κ2) is 5.77. The molecule has 1 unspecified atom stereocenters. The number of anilines is 1. The Bertz CT molecular complexity index is 462. The normalized spacial score (nSPS) is 12.9. The van der Waals surface area contributed by atoms with E-state index in [2.05, 4.69) is 5.32 Å². The maximum absolute atomic E-state index is 13.1. The molecule has 0 aliphatic carbocycles. The third-order valence-electron chi connectivity index (χ3n) is 2.31. The zero-order chi connectivity index (χ0) is 14.6. The van der Waals surface area contributed by atoms with Crippen LogP contribution in [0.5, 0.6) is 5.75 Å². The van der Waals surface area contributed by atoms with Crippen molar-refractivity contribution in [2.45, 2.75) is 6.18 Å². The first kappa shape index (κ1) is 15.1. The molecule has 0 spiro atoms. The molecule has 1 rings (SSSR count). The fourth-order valence-corrected chi connectivity index (χ4v) is 1.35. The maximum atomic E-state index is 13.1. The SMILES string of the molecule is COc1cc(F)cc(NCC(C(=O)O)C(F)(F)F)c1. The van der Waals surface area contributed by atoms with E-state index < -0.39 is 30.4 Å². The van der Waals surface area contributed by atoms with Gasteiger partial charge in [0.2, 0.25) is 0 Å². The van der Waals surface area contributed by atoms with Crippen LogP contribution >= 0.6 is 0 Å². The van der Waals surface area contributed by atoms with E-state index >= 15 is 0 Å². The number of carbonyl (C=O) groups is 1. The molecule has 106 valence electrons. The molecule has 1 atom stereocenters. The van der Waals surface area contributed by atoms with Crippen molar-refractivity contribution in [3.63, 3.8) is 0 Å². The molecule has 2 N–H and O–H groups in total. The molecule has 19 heavy (non-hydrogen) atoms. The Morgan fingerprint density at radius 3 is 2.53 bits per heavy atom.